The third-order valence-electron chi connectivity index (χ3n) is 8.83. The van der Waals surface area contributed by atoms with E-state index in [1.54, 1.807) is 0 Å². The molecule has 2 aliphatic heterocycles. The van der Waals surface area contributed by atoms with Crippen LogP contribution in [-0.2, 0) is 18.9 Å². The minimum atomic E-state index is -1.28. The number of aliphatic hydroxyl groups excluding tert-OH is 4. The largest absolute Gasteiger partial charge is 0.389 e. The molecule has 15 nitrogen and oxygen atoms in total. The quantitative estimate of drug-likeness (QED) is 0.121. The molecule has 15 heteroatoms. The molecule has 4 aliphatic rings. The third-order valence-corrected chi connectivity index (χ3v) is 8.83. The molecule has 2 saturated heterocycles. The molecule has 17 N–H and O–H groups in total. The van der Waals surface area contributed by atoms with Gasteiger partial charge in [-0.3, -0.25) is 5.32 Å². The highest BCUT2D eigenvalue weighted by molar-refractivity contribution is 4.99. The van der Waals surface area contributed by atoms with Gasteiger partial charge in [-0.05, 0) is 51.9 Å². The maximum absolute atomic E-state index is 10.6. The molecule has 2 aliphatic carbocycles. The van der Waals surface area contributed by atoms with Gasteiger partial charge in [0.2, 0.25) is 0 Å². The molecule has 4 fully saturated rings. The fourth-order valence-electron chi connectivity index (χ4n) is 6.30. The Morgan fingerprint density at radius 3 is 1.85 bits per heavy atom. The Hall–Kier alpha value is -0.600. The van der Waals surface area contributed by atoms with Gasteiger partial charge in [-0.15, -0.1) is 0 Å². The minimum Gasteiger partial charge on any atom is -0.389 e. The van der Waals surface area contributed by atoms with Gasteiger partial charge in [0.25, 0.3) is 0 Å². The monoisotopic (exact) mass is 577 g/mol. The second-order valence-electron chi connectivity index (χ2n) is 12.1. The highest BCUT2D eigenvalue weighted by Gasteiger charge is 2.46. The molecule has 17 atom stereocenters. The highest BCUT2D eigenvalue weighted by atomic mass is 16.7. The first kappa shape index (κ1) is 32.3. The first-order chi connectivity index (χ1) is 18.9. The highest BCUT2D eigenvalue weighted by Crippen LogP contribution is 2.30. The molecule has 2 saturated carbocycles. The molecule has 0 radical (unpaired) electrons. The second-order valence-corrected chi connectivity index (χ2v) is 12.1. The lowest BCUT2D eigenvalue weighted by Gasteiger charge is -2.46. The van der Waals surface area contributed by atoms with Crippen LogP contribution < -0.4 is 39.7 Å². The van der Waals surface area contributed by atoms with E-state index in [9.17, 15) is 20.4 Å². The van der Waals surface area contributed by atoms with Crippen molar-refractivity contribution in [3.05, 3.63) is 0 Å². The predicted octanol–water partition coefficient (Wildman–Crippen LogP) is -4.69. The summed E-state index contributed by atoms with van der Waals surface area (Å²) in [5, 5.41) is 45.0. The van der Waals surface area contributed by atoms with E-state index in [-0.39, 0.29) is 24.6 Å². The van der Waals surface area contributed by atoms with E-state index in [4.69, 9.17) is 53.3 Å². The van der Waals surface area contributed by atoms with E-state index in [1.165, 1.54) is 0 Å². The van der Waals surface area contributed by atoms with Crippen LogP contribution in [0.1, 0.15) is 51.9 Å². The summed E-state index contributed by atoms with van der Waals surface area (Å²) in [5.74, 6) is 0. The smallest absolute Gasteiger partial charge is 0.173 e. The standard InChI is InChI=1S/C25H51N7O8/c1-9(26)15-6-5-14(25(38-15)40-23-13(30)8-11(28)19(34)21(23)36)32-24(31)16-3-2-4-17(37-16)39-22-12(29)7-10(27)18(33)20(22)35/h9-25,32-36H,2-8,26-31H2,1H3/t9-,10+,11+,12-,13-,14+,15-,16-,17+,18-,19-,20+,21+,22+,23+,24+,25+/m0/s1. The summed E-state index contributed by atoms with van der Waals surface area (Å²) in [7, 11) is 0. The van der Waals surface area contributed by atoms with E-state index in [1.807, 2.05) is 6.92 Å². The maximum Gasteiger partial charge on any atom is 0.173 e. The summed E-state index contributed by atoms with van der Waals surface area (Å²) in [6.45, 7) is 1.85. The molecule has 234 valence electrons. The van der Waals surface area contributed by atoms with Crippen LogP contribution in [0, 0.1) is 0 Å². The second kappa shape index (κ2) is 13.8. The van der Waals surface area contributed by atoms with Gasteiger partial charge in [0.05, 0.1) is 36.6 Å². The van der Waals surface area contributed by atoms with Gasteiger partial charge in [-0.1, -0.05) is 0 Å². The van der Waals surface area contributed by atoms with Gasteiger partial charge in [-0.2, -0.15) is 0 Å². The fraction of sp³-hybridized carbons (Fsp3) is 1.00. The lowest BCUT2D eigenvalue weighted by atomic mass is 9.84. The summed E-state index contributed by atoms with van der Waals surface area (Å²) < 4.78 is 24.6. The number of hydrogen-bond acceptors (Lipinski definition) is 15. The minimum absolute atomic E-state index is 0.251. The first-order valence-electron chi connectivity index (χ1n) is 14.5. The van der Waals surface area contributed by atoms with E-state index in [0.29, 0.717) is 32.1 Å². The average molecular weight is 578 g/mol. The summed E-state index contributed by atoms with van der Waals surface area (Å²) in [4.78, 5) is 0. The lowest BCUT2D eigenvalue weighted by molar-refractivity contribution is -0.265. The van der Waals surface area contributed by atoms with Crippen molar-refractivity contribution in [2.24, 2.45) is 34.4 Å². The van der Waals surface area contributed by atoms with E-state index < -0.39 is 85.6 Å². The Labute approximate surface area is 235 Å². The number of nitrogens with one attached hydrogen (secondary N) is 1. The topological polar surface area (TPSA) is 286 Å². The van der Waals surface area contributed by atoms with Crippen LogP contribution in [-0.4, -0.2) is 124 Å². The fourth-order valence-corrected chi connectivity index (χ4v) is 6.30. The van der Waals surface area contributed by atoms with Crippen molar-refractivity contribution >= 4 is 0 Å². The van der Waals surface area contributed by atoms with E-state index >= 15 is 0 Å². The molecule has 0 amide bonds. The molecular weight excluding hydrogens is 526 g/mol. The molecule has 40 heavy (non-hydrogen) atoms. The van der Waals surface area contributed by atoms with Crippen LogP contribution in [0.25, 0.3) is 0 Å². The van der Waals surface area contributed by atoms with Crippen molar-refractivity contribution < 1.29 is 39.4 Å². The normalized spacial score (nSPS) is 50.3. The van der Waals surface area contributed by atoms with Gasteiger partial charge in [0, 0.05) is 30.2 Å². The third kappa shape index (κ3) is 7.30. The van der Waals surface area contributed by atoms with Crippen molar-refractivity contribution in [3.8, 4) is 0 Å². The van der Waals surface area contributed by atoms with Gasteiger partial charge >= 0.3 is 0 Å². The van der Waals surface area contributed by atoms with Crippen molar-refractivity contribution in [1.29, 1.82) is 0 Å². The molecule has 0 unspecified atom stereocenters. The van der Waals surface area contributed by atoms with Crippen molar-refractivity contribution in [3.63, 3.8) is 0 Å². The number of aliphatic hydroxyl groups is 4. The van der Waals surface area contributed by atoms with E-state index in [2.05, 4.69) is 5.32 Å². The number of hydrogen-bond donors (Lipinski definition) is 11. The SMILES string of the molecule is C[C@H](N)[C@@H]1CC[C@@H](N[C@@H](N)[C@@H]2CCC[C@@H](O[C@H]3[C@H](O)[C@@H](O)[C@H](N)C[C@@H]3N)O2)[C@@H](O[C@H]2[C@H](O)[C@@H](O)[C@H](N)C[C@@H]2N)O1. The summed E-state index contributed by atoms with van der Waals surface area (Å²) in [5.41, 5.74) is 36.8. The van der Waals surface area contributed by atoms with Crippen molar-refractivity contribution in [2.75, 3.05) is 0 Å². The molecule has 0 spiro atoms. The van der Waals surface area contributed by atoms with Crippen LogP contribution >= 0.6 is 0 Å². The van der Waals surface area contributed by atoms with Crippen LogP contribution in [0.5, 0.6) is 0 Å². The number of nitrogens with two attached hydrogens (primary N) is 6. The maximum atomic E-state index is 10.6. The van der Waals surface area contributed by atoms with Crippen LogP contribution in [0.15, 0.2) is 0 Å². The van der Waals surface area contributed by atoms with Crippen LogP contribution in [0.4, 0.5) is 0 Å². The number of ether oxygens (including phenoxy) is 4. The van der Waals surface area contributed by atoms with Gasteiger partial charge in [0.15, 0.2) is 12.6 Å². The molecule has 4 rings (SSSR count). The molecule has 0 bridgehead atoms. The first-order valence-corrected chi connectivity index (χ1v) is 14.5. The van der Waals surface area contributed by atoms with Crippen molar-refractivity contribution in [1.82, 2.24) is 5.32 Å². The molecule has 2 heterocycles. The predicted molar refractivity (Wildman–Crippen MR) is 144 cm³/mol. The Morgan fingerprint density at radius 2 is 1.27 bits per heavy atom. The zero-order valence-corrected chi connectivity index (χ0v) is 23.2. The zero-order chi connectivity index (χ0) is 29.3. The molecule has 0 aromatic rings. The van der Waals surface area contributed by atoms with Gasteiger partial charge in [-0.25, -0.2) is 0 Å². The average Bonchev–Trinajstić information content (AvgIpc) is 2.91. The summed E-state index contributed by atoms with van der Waals surface area (Å²) in [6, 6.07) is -3.06. The molecule has 0 aromatic heterocycles. The summed E-state index contributed by atoms with van der Waals surface area (Å²) in [6.07, 6.45) is -5.50. The van der Waals surface area contributed by atoms with Crippen molar-refractivity contribution in [2.45, 2.75) is 156 Å². The Bertz CT molecular complexity index is 804. The van der Waals surface area contributed by atoms with E-state index in [0.717, 1.165) is 6.42 Å². The van der Waals surface area contributed by atoms with Crippen LogP contribution in [0.3, 0.4) is 0 Å². The zero-order valence-electron chi connectivity index (χ0n) is 23.2. The number of rotatable bonds is 8. The molecular formula is C25H51N7O8. The lowest BCUT2D eigenvalue weighted by Crippen LogP contribution is -2.65. The Morgan fingerprint density at radius 1 is 0.700 bits per heavy atom. The van der Waals surface area contributed by atoms with Crippen LogP contribution in [0.2, 0.25) is 0 Å². The van der Waals surface area contributed by atoms with Gasteiger partial charge in [0.1, 0.15) is 24.4 Å². The molecule has 0 aromatic carbocycles. The Balaban J connectivity index is 1.38. The van der Waals surface area contributed by atoms with Gasteiger partial charge < -0.3 is 73.8 Å². The summed E-state index contributed by atoms with van der Waals surface area (Å²) >= 11 is 0. The Kier molecular flexibility index (Phi) is 11.1.